The summed E-state index contributed by atoms with van der Waals surface area (Å²) >= 11 is 0. The SMILES string of the molecule is CC[Si](C#CCC(O)COc1ccccc1OCC(O)CN(C)C)(CC)CC. The fourth-order valence-electron chi connectivity index (χ4n) is 2.97. The molecule has 0 aliphatic rings. The summed E-state index contributed by atoms with van der Waals surface area (Å²) in [5.41, 5.74) is 3.49. The molecular formula is C22H37NO4Si. The van der Waals surface area contributed by atoms with Crippen LogP contribution in [0.5, 0.6) is 11.5 Å². The molecule has 0 aliphatic heterocycles. The second kappa shape index (κ2) is 12.8. The molecular weight excluding hydrogens is 370 g/mol. The smallest absolute Gasteiger partial charge is 0.161 e. The highest BCUT2D eigenvalue weighted by atomic mass is 28.3. The maximum absolute atomic E-state index is 10.2. The van der Waals surface area contributed by atoms with E-state index in [0.717, 1.165) is 18.1 Å². The number of aliphatic hydroxyl groups excluding tert-OH is 2. The lowest BCUT2D eigenvalue weighted by atomic mass is 10.3. The zero-order valence-electron chi connectivity index (χ0n) is 18.1. The number of nitrogens with zero attached hydrogens (tertiary/aromatic N) is 1. The van der Waals surface area contributed by atoms with Crippen LogP contribution in [0.2, 0.25) is 18.1 Å². The third-order valence-electron chi connectivity index (χ3n) is 5.01. The fourth-order valence-corrected chi connectivity index (χ4v) is 5.47. The van der Waals surface area contributed by atoms with Crippen molar-refractivity contribution >= 4 is 8.07 Å². The van der Waals surface area contributed by atoms with Crippen LogP contribution >= 0.6 is 0 Å². The van der Waals surface area contributed by atoms with Crippen LogP contribution in [0.25, 0.3) is 0 Å². The maximum atomic E-state index is 10.2. The molecule has 2 unspecified atom stereocenters. The quantitative estimate of drug-likeness (QED) is 0.412. The first kappa shape index (κ1) is 24.5. The van der Waals surface area contributed by atoms with Crippen molar-refractivity contribution in [3.63, 3.8) is 0 Å². The minimum Gasteiger partial charge on any atom is -0.487 e. The molecule has 1 aromatic rings. The summed E-state index contributed by atoms with van der Waals surface area (Å²) in [6.45, 7) is 7.54. The third kappa shape index (κ3) is 8.66. The molecule has 1 aromatic carbocycles. The third-order valence-corrected chi connectivity index (χ3v) is 9.78. The van der Waals surface area contributed by atoms with Gasteiger partial charge in [0.2, 0.25) is 0 Å². The molecule has 0 heterocycles. The minimum absolute atomic E-state index is 0.161. The van der Waals surface area contributed by atoms with Crippen molar-refractivity contribution in [2.75, 3.05) is 33.9 Å². The lowest BCUT2D eigenvalue weighted by Crippen LogP contribution is -2.30. The van der Waals surface area contributed by atoms with Gasteiger partial charge < -0.3 is 24.6 Å². The van der Waals surface area contributed by atoms with E-state index in [1.54, 1.807) is 12.1 Å². The largest absolute Gasteiger partial charge is 0.487 e. The molecule has 1 rings (SSSR count). The van der Waals surface area contributed by atoms with Gasteiger partial charge in [-0.1, -0.05) is 32.9 Å². The highest BCUT2D eigenvalue weighted by molar-refractivity contribution is 6.87. The van der Waals surface area contributed by atoms with Gasteiger partial charge in [0.05, 0.1) is 6.10 Å². The Morgan fingerprint density at radius 2 is 1.43 bits per heavy atom. The van der Waals surface area contributed by atoms with Crippen LogP contribution in [-0.2, 0) is 0 Å². The molecule has 2 atom stereocenters. The Morgan fingerprint density at radius 3 is 1.89 bits per heavy atom. The molecule has 6 heteroatoms. The van der Waals surface area contributed by atoms with Crippen LogP contribution in [0.3, 0.4) is 0 Å². The van der Waals surface area contributed by atoms with Crippen LogP contribution < -0.4 is 9.47 Å². The molecule has 0 aromatic heterocycles. The van der Waals surface area contributed by atoms with Crippen LogP contribution in [0.15, 0.2) is 24.3 Å². The lowest BCUT2D eigenvalue weighted by Gasteiger charge is -2.20. The van der Waals surface area contributed by atoms with Gasteiger partial charge in [0.25, 0.3) is 0 Å². The van der Waals surface area contributed by atoms with E-state index in [4.69, 9.17) is 9.47 Å². The van der Waals surface area contributed by atoms with Gasteiger partial charge in [-0.05, 0) is 44.4 Å². The lowest BCUT2D eigenvalue weighted by molar-refractivity contribution is 0.0781. The van der Waals surface area contributed by atoms with E-state index in [0.29, 0.717) is 24.5 Å². The average Bonchev–Trinajstić information content (AvgIpc) is 2.68. The average molecular weight is 408 g/mol. The van der Waals surface area contributed by atoms with Gasteiger partial charge in [0.15, 0.2) is 11.5 Å². The van der Waals surface area contributed by atoms with E-state index in [2.05, 4.69) is 32.2 Å². The van der Waals surface area contributed by atoms with E-state index < -0.39 is 20.3 Å². The Hall–Kier alpha value is -1.52. The summed E-state index contributed by atoms with van der Waals surface area (Å²) in [5, 5.41) is 20.2. The zero-order valence-corrected chi connectivity index (χ0v) is 19.1. The van der Waals surface area contributed by atoms with E-state index >= 15 is 0 Å². The summed E-state index contributed by atoms with van der Waals surface area (Å²) in [6.07, 6.45) is -0.805. The van der Waals surface area contributed by atoms with Crippen molar-refractivity contribution < 1.29 is 19.7 Å². The molecule has 0 fully saturated rings. The van der Waals surface area contributed by atoms with Gasteiger partial charge in [-0.15, -0.1) is 11.5 Å². The summed E-state index contributed by atoms with van der Waals surface area (Å²) in [5.74, 6) is 4.32. The standard InChI is InChI=1S/C22H37NO4Si/c1-6-28(7-2,8-3)15-11-12-19(24)17-26-21-13-9-10-14-22(21)27-18-20(25)16-23(4)5/h9-10,13-14,19-20,24-25H,6-8,12,16-18H2,1-5H3. The van der Waals surface area contributed by atoms with Gasteiger partial charge in [-0.2, -0.15) is 0 Å². The highest BCUT2D eigenvalue weighted by Crippen LogP contribution is 2.27. The van der Waals surface area contributed by atoms with Crippen molar-refractivity contribution in [1.82, 2.24) is 4.90 Å². The van der Waals surface area contributed by atoms with Crippen molar-refractivity contribution in [3.05, 3.63) is 24.3 Å². The van der Waals surface area contributed by atoms with Crippen molar-refractivity contribution in [2.45, 2.75) is 57.5 Å². The summed E-state index contributed by atoms with van der Waals surface area (Å²) in [7, 11) is 2.33. The van der Waals surface area contributed by atoms with Gasteiger partial charge in [0, 0.05) is 13.0 Å². The van der Waals surface area contributed by atoms with Crippen LogP contribution in [0.1, 0.15) is 27.2 Å². The number of aliphatic hydroxyl groups is 2. The first-order chi connectivity index (χ1) is 13.4. The molecule has 5 nitrogen and oxygen atoms in total. The van der Waals surface area contributed by atoms with Crippen LogP contribution in [0, 0.1) is 11.5 Å². The Bertz CT molecular complexity index is 614. The molecule has 0 aliphatic carbocycles. The first-order valence-corrected chi connectivity index (χ1v) is 12.8. The summed E-state index contributed by atoms with van der Waals surface area (Å²) in [4.78, 5) is 1.90. The number of rotatable bonds is 12. The molecule has 0 amide bonds. The summed E-state index contributed by atoms with van der Waals surface area (Å²) < 4.78 is 11.4. The number of benzene rings is 1. The van der Waals surface area contributed by atoms with Crippen LogP contribution in [0.4, 0.5) is 0 Å². The molecule has 0 saturated carbocycles. The fraction of sp³-hybridized carbons (Fsp3) is 0.636. The molecule has 0 radical (unpaired) electrons. The molecule has 0 spiro atoms. The van der Waals surface area contributed by atoms with E-state index in [-0.39, 0.29) is 13.2 Å². The van der Waals surface area contributed by atoms with E-state index in [9.17, 15) is 10.2 Å². The Kier molecular flexibility index (Phi) is 11.2. The van der Waals surface area contributed by atoms with E-state index in [1.165, 1.54) is 0 Å². The van der Waals surface area contributed by atoms with Gasteiger partial charge in [-0.3, -0.25) is 0 Å². The van der Waals surface area contributed by atoms with Crippen molar-refractivity contribution in [2.24, 2.45) is 0 Å². The second-order valence-electron chi connectivity index (χ2n) is 7.49. The molecule has 0 saturated heterocycles. The number of likely N-dealkylation sites (N-methyl/N-ethyl adjacent to an activating group) is 1. The number of hydrogen-bond acceptors (Lipinski definition) is 5. The number of ether oxygens (including phenoxy) is 2. The zero-order chi connectivity index (χ0) is 21.0. The van der Waals surface area contributed by atoms with Crippen LogP contribution in [-0.4, -0.2) is 69.2 Å². The number of hydrogen-bond donors (Lipinski definition) is 2. The Morgan fingerprint density at radius 1 is 0.929 bits per heavy atom. The first-order valence-electron chi connectivity index (χ1n) is 10.2. The molecule has 2 N–H and O–H groups in total. The molecule has 0 bridgehead atoms. The molecule has 28 heavy (non-hydrogen) atoms. The normalized spacial score (nSPS) is 13.6. The van der Waals surface area contributed by atoms with E-state index in [1.807, 2.05) is 31.1 Å². The topological polar surface area (TPSA) is 62.2 Å². The van der Waals surface area contributed by atoms with Gasteiger partial charge >= 0.3 is 0 Å². The van der Waals surface area contributed by atoms with Crippen molar-refractivity contribution in [1.29, 1.82) is 0 Å². The maximum Gasteiger partial charge on any atom is 0.161 e. The monoisotopic (exact) mass is 407 g/mol. The minimum atomic E-state index is -1.47. The number of para-hydroxylation sites is 2. The summed E-state index contributed by atoms with van der Waals surface area (Å²) in [6, 6.07) is 10.8. The Balaban J connectivity index is 2.56. The molecule has 158 valence electrons. The predicted molar refractivity (Wildman–Crippen MR) is 118 cm³/mol. The highest BCUT2D eigenvalue weighted by Gasteiger charge is 2.24. The Labute approximate surface area is 171 Å². The predicted octanol–water partition coefficient (Wildman–Crippen LogP) is 3.17. The van der Waals surface area contributed by atoms with Gasteiger partial charge in [-0.25, -0.2) is 0 Å². The second-order valence-corrected chi connectivity index (χ2v) is 12.4. The van der Waals surface area contributed by atoms with Crippen molar-refractivity contribution in [3.8, 4) is 23.0 Å². The van der Waals surface area contributed by atoms with Gasteiger partial charge in [0.1, 0.15) is 27.4 Å².